The first-order chi connectivity index (χ1) is 9.37. The van der Waals surface area contributed by atoms with Crippen LogP contribution in [0, 0.1) is 5.41 Å². The fourth-order valence-corrected chi connectivity index (χ4v) is 3.21. The Hall–Kier alpha value is -1.92. The van der Waals surface area contributed by atoms with Gasteiger partial charge in [0.25, 0.3) is 0 Å². The van der Waals surface area contributed by atoms with Gasteiger partial charge in [0.15, 0.2) is 0 Å². The number of imide groups is 1. The van der Waals surface area contributed by atoms with Crippen molar-refractivity contribution in [2.24, 2.45) is 5.41 Å². The van der Waals surface area contributed by atoms with Gasteiger partial charge in [-0.15, -0.1) is 0 Å². The summed E-state index contributed by atoms with van der Waals surface area (Å²) in [5.74, 6) is -3.87. The maximum atomic E-state index is 12.5. The van der Waals surface area contributed by atoms with Crippen LogP contribution >= 0.6 is 0 Å². The fourth-order valence-electron chi connectivity index (χ4n) is 3.21. The molecule has 1 atom stereocenters. The number of hydrogen-bond acceptors (Lipinski definition) is 4. The molecule has 0 radical (unpaired) electrons. The lowest BCUT2D eigenvalue weighted by atomic mass is 9.73. The summed E-state index contributed by atoms with van der Waals surface area (Å²) in [5, 5.41) is 17.9. The SMILES string of the molecule is O=C(O)CC(C(=O)O)N1C(=O)CC2(CCCCC2)C1=O. The first kappa shape index (κ1) is 14.5. The second kappa shape index (κ2) is 5.22. The van der Waals surface area contributed by atoms with Crippen molar-refractivity contribution in [3.8, 4) is 0 Å². The summed E-state index contributed by atoms with van der Waals surface area (Å²) < 4.78 is 0. The largest absolute Gasteiger partial charge is 0.481 e. The standard InChI is InChI=1S/C13H17NO6/c15-9-7-13(4-2-1-3-5-13)12(20)14(9)8(11(18)19)6-10(16)17/h8H,1-7H2,(H,16,17)(H,18,19). The number of carbonyl (C=O) groups excluding carboxylic acids is 2. The molecule has 0 aromatic carbocycles. The van der Waals surface area contributed by atoms with Crippen LogP contribution in [0.15, 0.2) is 0 Å². The van der Waals surface area contributed by atoms with Crippen LogP contribution in [0.3, 0.4) is 0 Å². The van der Waals surface area contributed by atoms with Crippen LogP contribution in [0.1, 0.15) is 44.9 Å². The van der Waals surface area contributed by atoms with Gasteiger partial charge >= 0.3 is 11.9 Å². The zero-order chi connectivity index (χ0) is 14.9. The van der Waals surface area contributed by atoms with Gasteiger partial charge in [0, 0.05) is 6.42 Å². The molecule has 0 aromatic heterocycles. The molecule has 1 saturated carbocycles. The molecule has 1 saturated heterocycles. The summed E-state index contributed by atoms with van der Waals surface area (Å²) in [5.41, 5.74) is -0.790. The average Bonchev–Trinajstić information content (AvgIpc) is 2.59. The Bertz CT molecular complexity index is 465. The van der Waals surface area contributed by atoms with E-state index >= 15 is 0 Å². The van der Waals surface area contributed by atoms with Crippen LogP contribution in [0.25, 0.3) is 0 Å². The molecule has 1 heterocycles. The van der Waals surface area contributed by atoms with Gasteiger partial charge < -0.3 is 10.2 Å². The normalized spacial score (nSPS) is 23.1. The lowest BCUT2D eigenvalue weighted by molar-refractivity contribution is -0.158. The number of hydrogen-bond donors (Lipinski definition) is 2. The first-order valence-corrected chi connectivity index (χ1v) is 6.68. The average molecular weight is 283 g/mol. The lowest BCUT2D eigenvalue weighted by Gasteiger charge is -2.31. The van der Waals surface area contributed by atoms with Crippen molar-refractivity contribution in [3.63, 3.8) is 0 Å². The van der Waals surface area contributed by atoms with Gasteiger partial charge in [-0.25, -0.2) is 4.79 Å². The van der Waals surface area contributed by atoms with E-state index in [1.807, 2.05) is 0 Å². The fraction of sp³-hybridized carbons (Fsp3) is 0.692. The number of carboxylic acid groups (broad SMARTS) is 2. The summed E-state index contributed by atoms with van der Waals surface area (Å²) in [6, 6.07) is -1.60. The van der Waals surface area contributed by atoms with Crippen LogP contribution in [0.2, 0.25) is 0 Å². The van der Waals surface area contributed by atoms with E-state index < -0.39 is 41.6 Å². The molecule has 2 aliphatic rings. The second-order valence-corrected chi connectivity index (χ2v) is 5.54. The second-order valence-electron chi connectivity index (χ2n) is 5.54. The van der Waals surface area contributed by atoms with Crippen molar-refractivity contribution in [2.75, 3.05) is 0 Å². The Kier molecular flexibility index (Phi) is 3.78. The number of aliphatic carboxylic acids is 2. The van der Waals surface area contributed by atoms with Gasteiger partial charge in [-0.2, -0.15) is 0 Å². The van der Waals surface area contributed by atoms with Gasteiger partial charge in [-0.3, -0.25) is 19.3 Å². The highest BCUT2D eigenvalue weighted by Crippen LogP contribution is 2.46. The third kappa shape index (κ3) is 2.39. The van der Waals surface area contributed by atoms with Crippen molar-refractivity contribution < 1.29 is 29.4 Å². The monoisotopic (exact) mass is 283 g/mol. The topological polar surface area (TPSA) is 112 Å². The van der Waals surface area contributed by atoms with E-state index in [-0.39, 0.29) is 6.42 Å². The summed E-state index contributed by atoms with van der Waals surface area (Å²) in [4.78, 5) is 47.1. The molecule has 0 bridgehead atoms. The predicted octanol–water partition coefficient (Wildman–Crippen LogP) is 0.624. The molecule has 0 aromatic rings. The number of likely N-dealkylation sites (tertiary alicyclic amines) is 1. The van der Waals surface area contributed by atoms with Crippen LogP contribution in [-0.4, -0.2) is 44.9 Å². The van der Waals surface area contributed by atoms with Crippen LogP contribution < -0.4 is 0 Å². The molecule has 1 spiro atoms. The van der Waals surface area contributed by atoms with Crippen molar-refractivity contribution in [2.45, 2.75) is 51.0 Å². The van der Waals surface area contributed by atoms with E-state index in [4.69, 9.17) is 10.2 Å². The Morgan fingerprint density at radius 2 is 1.75 bits per heavy atom. The maximum Gasteiger partial charge on any atom is 0.327 e. The van der Waals surface area contributed by atoms with E-state index in [0.717, 1.165) is 19.3 Å². The highest BCUT2D eigenvalue weighted by molar-refractivity contribution is 6.08. The van der Waals surface area contributed by atoms with Crippen LogP contribution in [-0.2, 0) is 19.2 Å². The lowest BCUT2D eigenvalue weighted by Crippen LogP contribution is -2.48. The zero-order valence-corrected chi connectivity index (χ0v) is 11.0. The molecular weight excluding hydrogens is 266 g/mol. The van der Waals surface area contributed by atoms with Gasteiger partial charge in [-0.1, -0.05) is 19.3 Å². The van der Waals surface area contributed by atoms with E-state index in [9.17, 15) is 19.2 Å². The number of nitrogens with zero attached hydrogens (tertiary/aromatic N) is 1. The minimum Gasteiger partial charge on any atom is -0.481 e. The first-order valence-electron chi connectivity index (χ1n) is 6.68. The molecule has 1 unspecified atom stereocenters. The Labute approximate surface area is 115 Å². The Morgan fingerprint density at radius 1 is 1.15 bits per heavy atom. The van der Waals surface area contributed by atoms with Gasteiger partial charge in [0.1, 0.15) is 6.04 Å². The predicted molar refractivity (Wildman–Crippen MR) is 65.7 cm³/mol. The van der Waals surface area contributed by atoms with Crippen molar-refractivity contribution in [3.05, 3.63) is 0 Å². The molecule has 20 heavy (non-hydrogen) atoms. The van der Waals surface area contributed by atoms with E-state index in [0.29, 0.717) is 17.7 Å². The van der Waals surface area contributed by atoms with E-state index in [2.05, 4.69) is 0 Å². The number of carbonyl (C=O) groups is 4. The summed E-state index contributed by atoms with van der Waals surface area (Å²) in [6.45, 7) is 0. The summed E-state index contributed by atoms with van der Waals surface area (Å²) in [6.07, 6.45) is 3.08. The van der Waals surface area contributed by atoms with Crippen LogP contribution in [0.5, 0.6) is 0 Å². The third-order valence-corrected chi connectivity index (χ3v) is 4.21. The number of amides is 2. The highest BCUT2D eigenvalue weighted by Gasteiger charge is 2.54. The van der Waals surface area contributed by atoms with Crippen molar-refractivity contribution >= 4 is 23.8 Å². The molecule has 1 aliphatic heterocycles. The molecule has 2 N–H and O–H groups in total. The molecule has 7 nitrogen and oxygen atoms in total. The van der Waals surface area contributed by atoms with Crippen molar-refractivity contribution in [1.29, 1.82) is 0 Å². The minimum absolute atomic E-state index is 0.00916. The van der Waals surface area contributed by atoms with E-state index in [1.165, 1.54) is 0 Å². The minimum atomic E-state index is -1.60. The quantitative estimate of drug-likeness (QED) is 0.731. The molecule has 2 fully saturated rings. The highest BCUT2D eigenvalue weighted by atomic mass is 16.4. The molecule has 2 rings (SSSR count). The molecule has 110 valence electrons. The molecule has 7 heteroatoms. The Morgan fingerprint density at radius 3 is 2.25 bits per heavy atom. The third-order valence-electron chi connectivity index (χ3n) is 4.21. The molecule has 2 amide bonds. The number of rotatable bonds is 4. The van der Waals surface area contributed by atoms with Crippen LogP contribution in [0.4, 0.5) is 0 Å². The summed E-state index contributed by atoms with van der Waals surface area (Å²) in [7, 11) is 0. The maximum absolute atomic E-state index is 12.5. The Balaban J connectivity index is 2.26. The summed E-state index contributed by atoms with van der Waals surface area (Å²) >= 11 is 0. The van der Waals surface area contributed by atoms with Crippen molar-refractivity contribution in [1.82, 2.24) is 4.90 Å². The smallest absolute Gasteiger partial charge is 0.327 e. The van der Waals surface area contributed by atoms with Gasteiger partial charge in [0.05, 0.1) is 11.8 Å². The zero-order valence-electron chi connectivity index (χ0n) is 11.0. The molecule has 1 aliphatic carbocycles. The van der Waals surface area contributed by atoms with Gasteiger partial charge in [-0.05, 0) is 12.8 Å². The van der Waals surface area contributed by atoms with E-state index in [1.54, 1.807) is 0 Å². The van der Waals surface area contributed by atoms with Gasteiger partial charge in [0.2, 0.25) is 11.8 Å². The molecular formula is C13H17NO6. The number of carboxylic acids is 2.